The van der Waals surface area contributed by atoms with Gasteiger partial charge in [-0.05, 0) is 60.7 Å². The molecule has 0 aromatic heterocycles. The summed E-state index contributed by atoms with van der Waals surface area (Å²) in [5.41, 5.74) is 0. The average Bonchev–Trinajstić information content (AvgIpc) is 2.58. The van der Waals surface area contributed by atoms with Gasteiger partial charge in [0.25, 0.3) is 0 Å². The van der Waals surface area contributed by atoms with Gasteiger partial charge in [-0.15, -0.1) is 12.6 Å². The van der Waals surface area contributed by atoms with Gasteiger partial charge in [0.05, 0.1) is 0 Å². The molecule has 0 unspecified atom stereocenters. The second-order valence-corrected chi connectivity index (χ2v) is 6.80. The Morgan fingerprint density at radius 3 is 1.58 bits per heavy atom. The highest BCUT2D eigenvalue weighted by Gasteiger charge is 2.20. The van der Waals surface area contributed by atoms with Gasteiger partial charge in [-0.2, -0.15) is 0 Å². The molecule has 0 heterocycles. The Morgan fingerprint density at radius 1 is 0.654 bits per heavy atom. The number of hydrogen-bond acceptors (Lipinski definition) is 2. The van der Waals surface area contributed by atoms with Crippen molar-refractivity contribution in [3.05, 3.63) is 78.9 Å². The molecule has 0 N–H and O–H groups in total. The maximum Gasteiger partial charge on any atom is 0.673 e. The Balaban J connectivity index is 0.000000431. The minimum absolute atomic E-state index is 0.821. The van der Waals surface area contributed by atoms with Gasteiger partial charge in [-0.3, -0.25) is 0 Å². The topological polar surface area (TPSA) is 9.23 Å². The van der Waals surface area contributed by atoms with Crippen molar-refractivity contribution < 1.29 is 22.0 Å². The fourth-order valence-corrected chi connectivity index (χ4v) is 2.96. The quantitative estimate of drug-likeness (QED) is 0.235. The van der Waals surface area contributed by atoms with Gasteiger partial charge in [-0.25, -0.2) is 0 Å². The van der Waals surface area contributed by atoms with E-state index in [9.17, 15) is 17.3 Å². The van der Waals surface area contributed by atoms with E-state index in [2.05, 4.69) is 49.0 Å². The summed E-state index contributed by atoms with van der Waals surface area (Å²) in [7, 11) is -6.00. The molecule has 3 rings (SSSR count). The van der Waals surface area contributed by atoms with E-state index in [1.54, 1.807) is 0 Å². The molecule has 0 saturated heterocycles. The van der Waals surface area contributed by atoms with Gasteiger partial charge in [0.1, 0.15) is 11.5 Å². The lowest BCUT2D eigenvalue weighted by Gasteiger charge is -2.05. The minimum Gasteiger partial charge on any atom is -0.457 e. The smallest absolute Gasteiger partial charge is 0.457 e. The van der Waals surface area contributed by atoms with Gasteiger partial charge in [0, 0.05) is 16.7 Å². The van der Waals surface area contributed by atoms with Gasteiger partial charge in [0.2, 0.25) is 0 Å². The third-order valence-electron chi connectivity index (χ3n) is 2.92. The van der Waals surface area contributed by atoms with E-state index in [1.165, 1.54) is 21.6 Å². The Bertz CT molecular complexity index is 788. The van der Waals surface area contributed by atoms with Crippen molar-refractivity contribution in [2.75, 3.05) is 0 Å². The van der Waals surface area contributed by atoms with E-state index < -0.39 is 7.25 Å². The molecule has 0 bridgehead atoms. The molecule has 0 atom stereocenters. The summed E-state index contributed by atoms with van der Waals surface area (Å²) in [6.07, 6.45) is 0. The van der Waals surface area contributed by atoms with Gasteiger partial charge in [0.15, 0.2) is 9.79 Å². The highest BCUT2D eigenvalue weighted by molar-refractivity contribution is 7.80. The molecule has 8 heteroatoms. The number of thiol groups is 2. The fourth-order valence-electron chi connectivity index (χ4n) is 1.89. The number of hydrogen-bond donors (Lipinski definition) is 1. The molecule has 1 nitrogen and oxygen atoms in total. The van der Waals surface area contributed by atoms with Crippen LogP contribution in [0.3, 0.4) is 0 Å². The molecular weight excluding hydrogens is 383 g/mol. The van der Waals surface area contributed by atoms with Crippen LogP contribution in [0.2, 0.25) is 0 Å². The number of halogens is 4. The summed E-state index contributed by atoms with van der Waals surface area (Å²) in [5.74, 6) is 1.66. The molecule has 0 aliphatic heterocycles. The van der Waals surface area contributed by atoms with E-state index in [4.69, 9.17) is 4.74 Å². The first-order chi connectivity index (χ1) is 12.3. The molecule has 0 spiro atoms. The van der Waals surface area contributed by atoms with E-state index in [1.807, 2.05) is 42.5 Å². The maximum atomic E-state index is 9.75. The van der Waals surface area contributed by atoms with Crippen molar-refractivity contribution in [3.8, 4) is 11.5 Å². The fraction of sp³-hybridized carbons (Fsp3) is 0. The second-order valence-electron chi connectivity index (χ2n) is 5.03. The standard InChI is InChI=1S/C18H14OS2.BF4/c20-16-10-6-14(7-11-16)19-15-8-12-18(13-9-15)21-17-4-2-1-3-5-17;2-1(3,4)5/h1-13,20H;/q;-1/p+1. The second kappa shape index (κ2) is 9.59. The Hall–Kier alpha value is -2.06. The average molecular weight is 398 g/mol. The molecule has 0 radical (unpaired) electrons. The van der Waals surface area contributed by atoms with E-state index >= 15 is 0 Å². The van der Waals surface area contributed by atoms with Crippen molar-refractivity contribution in [2.24, 2.45) is 0 Å². The first kappa shape index (κ1) is 20.3. The SMILES string of the molecule is F[B-](F)(F)F.Sc1ccc(Oc2ccc([SH+]c3ccccc3)cc2)cc1. The molecule has 0 fully saturated rings. The van der Waals surface area contributed by atoms with Crippen molar-refractivity contribution in [2.45, 2.75) is 14.7 Å². The maximum absolute atomic E-state index is 9.75. The van der Waals surface area contributed by atoms with Crippen LogP contribution in [0, 0.1) is 0 Å². The van der Waals surface area contributed by atoms with Gasteiger partial charge < -0.3 is 22.0 Å². The Kier molecular flexibility index (Phi) is 7.47. The van der Waals surface area contributed by atoms with Crippen LogP contribution >= 0.6 is 12.6 Å². The molecule has 26 heavy (non-hydrogen) atoms. The molecule has 0 amide bonds. The minimum atomic E-state index is -6.00. The lowest BCUT2D eigenvalue weighted by atomic mass is 10.3. The van der Waals surface area contributed by atoms with Crippen LogP contribution in [0.5, 0.6) is 11.5 Å². The van der Waals surface area contributed by atoms with Crippen LogP contribution in [0.4, 0.5) is 17.3 Å². The third kappa shape index (κ3) is 8.35. The molecule has 3 aromatic carbocycles. The largest absolute Gasteiger partial charge is 0.673 e. The number of ether oxygens (including phenoxy) is 1. The number of benzene rings is 3. The predicted octanol–water partition coefficient (Wildman–Crippen LogP) is 6.30. The van der Waals surface area contributed by atoms with Crippen molar-refractivity contribution in [3.63, 3.8) is 0 Å². The predicted molar refractivity (Wildman–Crippen MR) is 102 cm³/mol. The van der Waals surface area contributed by atoms with Crippen molar-refractivity contribution in [1.82, 2.24) is 0 Å². The third-order valence-corrected chi connectivity index (χ3v) is 4.33. The lowest BCUT2D eigenvalue weighted by molar-refractivity contribution is 0.368. The van der Waals surface area contributed by atoms with E-state index in [0.717, 1.165) is 16.4 Å². The Labute approximate surface area is 158 Å². The molecule has 0 aliphatic carbocycles. The Morgan fingerprint density at radius 2 is 1.08 bits per heavy atom. The summed E-state index contributed by atoms with van der Waals surface area (Å²) >= 11 is 5.47. The normalized spacial score (nSPS) is 10.7. The zero-order valence-corrected chi connectivity index (χ0v) is 15.2. The molecule has 3 aromatic rings. The summed E-state index contributed by atoms with van der Waals surface area (Å²) in [6, 6.07) is 26.3. The zero-order valence-electron chi connectivity index (χ0n) is 13.4. The van der Waals surface area contributed by atoms with Gasteiger partial charge >= 0.3 is 7.25 Å². The van der Waals surface area contributed by atoms with Gasteiger partial charge in [-0.1, -0.05) is 18.2 Å². The summed E-state index contributed by atoms with van der Waals surface area (Å²) < 4.78 is 44.8. The summed E-state index contributed by atoms with van der Waals surface area (Å²) in [6.45, 7) is 0. The molecule has 136 valence electrons. The van der Waals surface area contributed by atoms with E-state index in [-0.39, 0.29) is 0 Å². The molecule has 0 aliphatic rings. The highest BCUT2D eigenvalue weighted by atomic mass is 32.2. The van der Waals surface area contributed by atoms with Crippen LogP contribution in [0.15, 0.2) is 93.5 Å². The lowest BCUT2D eigenvalue weighted by Crippen LogP contribution is -2.02. The monoisotopic (exact) mass is 398 g/mol. The highest BCUT2D eigenvalue weighted by Crippen LogP contribution is 2.24. The van der Waals surface area contributed by atoms with Crippen LogP contribution in [-0.4, -0.2) is 7.25 Å². The van der Waals surface area contributed by atoms with Crippen LogP contribution in [0.25, 0.3) is 0 Å². The summed E-state index contributed by atoms with van der Waals surface area (Å²) in [5, 5.41) is 0. The van der Waals surface area contributed by atoms with Crippen LogP contribution < -0.4 is 4.74 Å². The first-order valence-electron chi connectivity index (χ1n) is 7.51. The first-order valence-corrected chi connectivity index (χ1v) is 8.85. The number of rotatable bonds is 4. The van der Waals surface area contributed by atoms with Crippen LogP contribution in [-0.2, 0) is 11.8 Å². The van der Waals surface area contributed by atoms with E-state index in [0.29, 0.717) is 0 Å². The molecular formula is C18H15BF4OS2. The van der Waals surface area contributed by atoms with Crippen molar-refractivity contribution in [1.29, 1.82) is 0 Å². The summed E-state index contributed by atoms with van der Waals surface area (Å²) in [4.78, 5) is 3.47. The zero-order chi connectivity index (χ0) is 19.0. The van der Waals surface area contributed by atoms with Crippen LogP contribution in [0.1, 0.15) is 0 Å². The van der Waals surface area contributed by atoms with Crippen molar-refractivity contribution >= 4 is 31.6 Å². The molecule has 0 saturated carbocycles.